The third-order valence-corrected chi connectivity index (χ3v) is 3.05. The van der Waals surface area contributed by atoms with Crippen molar-refractivity contribution in [1.29, 1.82) is 0 Å². The van der Waals surface area contributed by atoms with Crippen molar-refractivity contribution in [2.75, 3.05) is 11.9 Å². The van der Waals surface area contributed by atoms with E-state index in [1.165, 1.54) is 6.07 Å². The summed E-state index contributed by atoms with van der Waals surface area (Å²) in [5.41, 5.74) is 1.30. The SMILES string of the molecule is CCNC(=O)c1cccc(NC(=O)Cc2ccccc2F)c1. The van der Waals surface area contributed by atoms with Crippen molar-refractivity contribution < 1.29 is 14.0 Å². The van der Waals surface area contributed by atoms with Gasteiger partial charge in [0, 0.05) is 17.8 Å². The second-order valence-corrected chi connectivity index (χ2v) is 4.76. The van der Waals surface area contributed by atoms with Crippen molar-refractivity contribution >= 4 is 17.5 Å². The lowest BCUT2D eigenvalue weighted by molar-refractivity contribution is -0.115. The second kappa shape index (κ2) is 7.36. The van der Waals surface area contributed by atoms with E-state index in [1.807, 2.05) is 6.92 Å². The Morgan fingerprint density at radius 2 is 1.86 bits per heavy atom. The maximum Gasteiger partial charge on any atom is 0.251 e. The molecule has 0 bridgehead atoms. The Hall–Kier alpha value is -2.69. The third kappa shape index (κ3) is 4.15. The van der Waals surface area contributed by atoms with Crippen LogP contribution < -0.4 is 10.6 Å². The van der Waals surface area contributed by atoms with Gasteiger partial charge in [-0.1, -0.05) is 24.3 Å². The van der Waals surface area contributed by atoms with E-state index in [2.05, 4.69) is 10.6 Å². The molecule has 2 aromatic rings. The average molecular weight is 300 g/mol. The Morgan fingerprint density at radius 1 is 1.09 bits per heavy atom. The molecule has 0 aliphatic carbocycles. The van der Waals surface area contributed by atoms with Crippen molar-refractivity contribution in [3.8, 4) is 0 Å². The topological polar surface area (TPSA) is 58.2 Å². The number of hydrogen-bond acceptors (Lipinski definition) is 2. The summed E-state index contributed by atoms with van der Waals surface area (Å²) in [5, 5.41) is 5.36. The molecule has 0 aliphatic rings. The van der Waals surface area contributed by atoms with Gasteiger partial charge in [-0.25, -0.2) is 4.39 Å². The van der Waals surface area contributed by atoms with E-state index in [0.29, 0.717) is 23.4 Å². The van der Waals surface area contributed by atoms with Gasteiger partial charge in [0.15, 0.2) is 0 Å². The zero-order chi connectivity index (χ0) is 15.9. The van der Waals surface area contributed by atoms with Crippen LogP contribution in [0, 0.1) is 5.82 Å². The molecule has 0 fully saturated rings. The molecule has 4 nitrogen and oxygen atoms in total. The molecule has 0 saturated carbocycles. The van der Waals surface area contributed by atoms with Gasteiger partial charge in [-0.2, -0.15) is 0 Å². The fourth-order valence-electron chi connectivity index (χ4n) is 2.02. The van der Waals surface area contributed by atoms with Crippen LogP contribution in [0.4, 0.5) is 10.1 Å². The fourth-order valence-corrected chi connectivity index (χ4v) is 2.02. The van der Waals surface area contributed by atoms with Crippen LogP contribution in [0.5, 0.6) is 0 Å². The Labute approximate surface area is 128 Å². The Kier molecular flexibility index (Phi) is 5.25. The molecule has 0 saturated heterocycles. The Morgan fingerprint density at radius 3 is 2.59 bits per heavy atom. The lowest BCUT2D eigenvalue weighted by atomic mass is 10.1. The van der Waals surface area contributed by atoms with E-state index in [0.717, 1.165) is 0 Å². The van der Waals surface area contributed by atoms with Gasteiger partial charge in [-0.05, 0) is 36.8 Å². The fraction of sp³-hybridized carbons (Fsp3) is 0.176. The number of halogens is 1. The van der Waals surface area contributed by atoms with Crippen LogP contribution in [0.25, 0.3) is 0 Å². The Balaban J connectivity index is 2.04. The van der Waals surface area contributed by atoms with Crippen LogP contribution in [0.3, 0.4) is 0 Å². The molecule has 0 aliphatic heterocycles. The predicted molar refractivity (Wildman–Crippen MR) is 83.2 cm³/mol. The quantitative estimate of drug-likeness (QED) is 0.892. The summed E-state index contributed by atoms with van der Waals surface area (Å²) >= 11 is 0. The molecule has 2 rings (SSSR count). The molecular weight excluding hydrogens is 283 g/mol. The molecule has 0 aromatic heterocycles. The van der Waals surface area contributed by atoms with Crippen LogP contribution in [-0.4, -0.2) is 18.4 Å². The molecule has 0 radical (unpaired) electrons. The normalized spacial score (nSPS) is 10.1. The van der Waals surface area contributed by atoms with Crippen molar-refractivity contribution in [2.24, 2.45) is 0 Å². The lowest BCUT2D eigenvalue weighted by Crippen LogP contribution is -2.23. The number of nitrogens with one attached hydrogen (secondary N) is 2. The number of carbonyl (C=O) groups excluding carboxylic acids is 2. The highest BCUT2D eigenvalue weighted by atomic mass is 19.1. The summed E-state index contributed by atoms with van der Waals surface area (Å²) in [5.74, 6) is -0.945. The summed E-state index contributed by atoms with van der Waals surface area (Å²) in [6.45, 7) is 2.36. The molecule has 0 heterocycles. The molecule has 2 amide bonds. The maximum atomic E-state index is 13.5. The van der Waals surface area contributed by atoms with Gasteiger partial charge in [0.2, 0.25) is 5.91 Å². The van der Waals surface area contributed by atoms with Crippen LogP contribution in [0.2, 0.25) is 0 Å². The van der Waals surface area contributed by atoms with Gasteiger partial charge < -0.3 is 10.6 Å². The molecular formula is C17H17FN2O2. The summed E-state index contributed by atoms with van der Waals surface area (Å²) < 4.78 is 13.5. The smallest absolute Gasteiger partial charge is 0.251 e. The number of amides is 2. The second-order valence-electron chi connectivity index (χ2n) is 4.76. The summed E-state index contributed by atoms with van der Waals surface area (Å²) in [7, 11) is 0. The predicted octanol–water partition coefficient (Wildman–Crippen LogP) is 2.76. The van der Waals surface area contributed by atoms with Crippen molar-refractivity contribution in [3.63, 3.8) is 0 Å². The highest BCUT2D eigenvalue weighted by Crippen LogP contribution is 2.13. The summed E-state index contributed by atoms with van der Waals surface area (Å²) in [4.78, 5) is 23.7. The van der Waals surface area contributed by atoms with Gasteiger partial charge in [0.25, 0.3) is 5.91 Å². The number of benzene rings is 2. The first-order valence-electron chi connectivity index (χ1n) is 7.01. The molecule has 2 N–H and O–H groups in total. The van der Waals surface area contributed by atoms with E-state index < -0.39 is 5.82 Å². The highest BCUT2D eigenvalue weighted by molar-refractivity contribution is 5.97. The van der Waals surface area contributed by atoms with E-state index in [1.54, 1.807) is 42.5 Å². The van der Waals surface area contributed by atoms with Gasteiger partial charge in [0.1, 0.15) is 5.82 Å². The molecule has 114 valence electrons. The number of carbonyl (C=O) groups is 2. The molecule has 22 heavy (non-hydrogen) atoms. The average Bonchev–Trinajstić information content (AvgIpc) is 2.50. The van der Waals surface area contributed by atoms with E-state index in [4.69, 9.17) is 0 Å². The number of hydrogen-bond donors (Lipinski definition) is 2. The lowest BCUT2D eigenvalue weighted by Gasteiger charge is -2.08. The molecule has 5 heteroatoms. The monoisotopic (exact) mass is 300 g/mol. The molecule has 0 unspecified atom stereocenters. The van der Waals surface area contributed by atoms with Crippen molar-refractivity contribution in [1.82, 2.24) is 5.32 Å². The molecule has 2 aromatic carbocycles. The van der Waals surface area contributed by atoms with Crippen LogP contribution in [-0.2, 0) is 11.2 Å². The van der Waals surface area contributed by atoms with Gasteiger partial charge in [-0.3, -0.25) is 9.59 Å². The minimum absolute atomic E-state index is 0.0575. The van der Waals surface area contributed by atoms with Gasteiger partial charge in [-0.15, -0.1) is 0 Å². The zero-order valence-electron chi connectivity index (χ0n) is 12.2. The minimum Gasteiger partial charge on any atom is -0.352 e. The highest BCUT2D eigenvalue weighted by Gasteiger charge is 2.09. The van der Waals surface area contributed by atoms with E-state index in [9.17, 15) is 14.0 Å². The first-order valence-corrected chi connectivity index (χ1v) is 7.01. The van der Waals surface area contributed by atoms with Crippen molar-refractivity contribution in [3.05, 3.63) is 65.5 Å². The third-order valence-electron chi connectivity index (χ3n) is 3.05. The standard InChI is InChI=1S/C17H17FN2O2/c1-2-19-17(22)13-7-5-8-14(10-13)20-16(21)11-12-6-3-4-9-15(12)18/h3-10H,2,11H2,1H3,(H,19,22)(H,20,21). The Bertz CT molecular complexity index is 686. The molecule has 0 spiro atoms. The number of rotatable bonds is 5. The van der Waals surface area contributed by atoms with Crippen LogP contribution >= 0.6 is 0 Å². The summed E-state index contributed by atoms with van der Waals surface area (Å²) in [6.07, 6.45) is -0.0575. The zero-order valence-corrected chi connectivity index (χ0v) is 12.2. The van der Waals surface area contributed by atoms with Crippen LogP contribution in [0.1, 0.15) is 22.8 Å². The van der Waals surface area contributed by atoms with Crippen molar-refractivity contribution in [2.45, 2.75) is 13.3 Å². The van der Waals surface area contributed by atoms with Gasteiger partial charge >= 0.3 is 0 Å². The largest absolute Gasteiger partial charge is 0.352 e. The maximum absolute atomic E-state index is 13.5. The molecule has 0 atom stereocenters. The van der Waals surface area contributed by atoms with Gasteiger partial charge in [0.05, 0.1) is 6.42 Å². The van der Waals surface area contributed by atoms with E-state index in [-0.39, 0.29) is 18.2 Å². The first kappa shape index (κ1) is 15.7. The van der Waals surface area contributed by atoms with E-state index >= 15 is 0 Å². The minimum atomic E-state index is -0.409. The number of anilines is 1. The summed E-state index contributed by atoms with van der Waals surface area (Å²) in [6, 6.07) is 12.8. The van der Waals surface area contributed by atoms with Crippen LogP contribution in [0.15, 0.2) is 48.5 Å². The first-order chi connectivity index (χ1) is 10.6.